The zero-order chi connectivity index (χ0) is 25.3. The van der Waals surface area contributed by atoms with E-state index in [9.17, 15) is 25.1 Å². The third kappa shape index (κ3) is 6.75. The van der Waals surface area contributed by atoms with Gasteiger partial charge in [-0.15, -0.1) is 11.3 Å². The van der Waals surface area contributed by atoms with Crippen molar-refractivity contribution in [1.29, 1.82) is 5.26 Å². The summed E-state index contributed by atoms with van der Waals surface area (Å²) < 4.78 is 0. The van der Waals surface area contributed by atoms with Gasteiger partial charge >= 0.3 is 0 Å². The van der Waals surface area contributed by atoms with Crippen LogP contribution in [0.15, 0.2) is 72.7 Å². The second-order valence-electron chi connectivity index (χ2n) is 7.62. The number of likely N-dealkylation sites (N-methyl/N-ethyl adjacent to an activating group) is 1. The molecule has 1 aromatic heterocycles. The molecule has 0 saturated heterocycles. The van der Waals surface area contributed by atoms with Crippen molar-refractivity contribution in [2.24, 2.45) is 0 Å². The highest BCUT2D eigenvalue weighted by Gasteiger charge is 2.33. The fourth-order valence-electron chi connectivity index (χ4n) is 3.27. The van der Waals surface area contributed by atoms with Gasteiger partial charge in [-0.1, -0.05) is 55.7 Å². The molecule has 34 heavy (non-hydrogen) atoms. The first kappa shape index (κ1) is 26.7. The molecule has 0 bridgehead atoms. The molecule has 2 rings (SSSR count). The molecule has 8 heteroatoms. The van der Waals surface area contributed by atoms with E-state index in [4.69, 9.17) is 0 Å². The number of aliphatic hydroxyl groups is 2. The van der Waals surface area contributed by atoms with Gasteiger partial charge in [0.15, 0.2) is 12.2 Å². The van der Waals surface area contributed by atoms with Gasteiger partial charge in [0, 0.05) is 18.7 Å². The molecule has 0 spiro atoms. The van der Waals surface area contributed by atoms with Crippen LogP contribution >= 0.6 is 11.3 Å². The fourth-order valence-corrected chi connectivity index (χ4v) is 3.98. The number of thiophene rings is 1. The van der Waals surface area contributed by atoms with Gasteiger partial charge in [-0.2, -0.15) is 5.26 Å². The van der Waals surface area contributed by atoms with Crippen LogP contribution in [-0.4, -0.2) is 52.2 Å². The van der Waals surface area contributed by atoms with Gasteiger partial charge < -0.3 is 20.4 Å². The topological polar surface area (TPSA) is 114 Å². The summed E-state index contributed by atoms with van der Waals surface area (Å²) in [5, 5.41) is 34.3. The van der Waals surface area contributed by atoms with Crippen LogP contribution in [0.5, 0.6) is 0 Å². The SMILES string of the molecule is C=C/C=C\C(=C)CN(CC)C(=O)C(O)C(O)C(=O)NC(C)c1ccc(-c2ccsc2C#N)cc1. The van der Waals surface area contributed by atoms with Gasteiger partial charge in [-0.05, 0) is 42.0 Å². The van der Waals surface area contributed by atoms with Gasteiger partial charge in [-0.25, -0.2) is 0 Å². The smallest absolute Gasteiger partial charge is 0.254 e. The minimum Gasteiger partial charge on any atom is -0.380 e. The average molecular weight is 480 g/mol. The normalized spacial score (nSPS) is 13.5. The van der Waals surface area contributed by atoms with E-state index in [1.54, 1.807) is 32.1 Å². The number of rotatable bonds is 11. The third-order valence-electron chi connectivity index (χ3n) is 5.22. The van der Waals surface area contributed by atoms with Crippen LogP contribution in [-0.2, 0) is 9.59 Å². The van der Waals surface area contributed by atoms with Gasteiger partial charge in [-0.3, -0.25) is 9.59 Å². The Kier molecular flexibility index (Phi) is 9.95. The molecule has 3 atom stereocenters. The minimum absolute atomic E-state index is 0.144. The summed E-state index contributed by atoms with van der Waals surface area (Å²) in [5.74, 6) is -1.62. The summed E-state index contributed by atoms with van der Waals surface area (Å²) in [4.78, 5) is 27.1. The number of carbonyl (C=O) groups excluding carboxylic acids is 2. The predicted molar refractivity (Wildman–Crippen MR) is 134 cm³/mol. The molecule has 3 N–H and O–H groups in total. The van der Waals surface area contributed by atoms with E-state index < -0.39 is 30.1 Å². The average Bonchev–Trinajstić information content (AvgIpc) is 3.33. The zero-order valence-electron chi connectivity index (χ0n) is 19.3. The fraction of sp³-hybridized carbons (Fsp3) is 0.269. The number of amides is 2. The summed E-state index contributed by atoms with van der Waals surface area (Å²) in [6.45, 7) is 11.3. The van der Waals surface area contributed by atoms with Crippen LogP contribution in [0.25, 0.3) is 11.1 Å². The molecular weight excluding hydrogens is 450 g/mol. The summed E-state index contributed by atoms with van der Waals surface area (Å²) in [6, 6.07) is 10.9. The maximum absolute atomic E-state index is 12.6. The molecule has 0 radical (unpaired) electrons. The van der Waals surface area contributed by atoms with Crippen LogP contribution in [0.3, 0.4) is 0 Å². The van der Waals surface area contributed by atoms with E-state index in [0.29, 0.717) is 10.5 Å². The Balaban J connectivity index is 2.01. The number of benzene rings is 1. The molecule has 178 valence electrons. The lowest BCUT2D eigenvalue weighted by Gasteiger charge is -2.26. The first-order valence-electron chi connectivity index (χ1n) is 10.7. The van der Waals surface area contributed by atoms with E-state index in [-0.39, 0.29) is 13.1 Å². The van der Waals surface area contributed by atoms with Crippen LogP contribution in [0.1, 0.15) is 30.3 Å². The number of nitrogens with zero attached hydrogens (tertiary/aromatic N) is 2. The first-order valence-corrected chi connectivity index (χ1v) is 11.6. The number of aliphatic hydroxyl groups excluding tert-OH is 2. The quantitative estimate of drug-likeness (QED) is 0.428. The highest BCUT2D eigenvalue weighted by Crippen LogP contribution is 2.28. The minimum atomic E-state index is -1.93. The highest BCUT2D eigenvalue weighted by atomic mass is 32.1. The summed E-state index contributed by atoms with van der Waals surface area (Å²) in [7, 11) is 0. The van der Waals surface area contributed by atoms with E-state index in [1.807, 2.05) is 35.7 Å². The third-order valence-corrected chi connectivity index (χ3v) is 6.04. The maximum atomic E-state index is 12.6. The number of allylic oxidation sites excluding steroid dienone is 2. The standard InChI is InChI=1S/C26H29N3O4S/c1-5-7-8-17(3)16-29(6-2)26(33)24(31)23(30)25(32)28-18(4)19-9-11-20(12-10-19)21-13-14-34-22(21)15-27/h5,7-14,18,23-24,30-31H,1,3,6,16H2,2,4H3,(H,28,32)/b8-7-. The van der Waals surface area contributed by atoms with Crippen LogP contribution < -0.4 is 5.32 Å². The Hall–Kier alpha value is -3.51. The summed E-state index contributed by atoms with van der Waals surface area (Å²) >= 11 is 1.37. The van der Waals surface area contributed by atoms with Crippen molar-refractivity contribution in [3.63, 3.8) is 0 Å². The summed E-state index contributed by atoms with van der Waals surface area (Å²) in [5.41, 5.74) is 3.10. The van der Waals surface area contributed by atoms with E-state index in [0.717, 1.165) is 16.7 Å². The molecule has 3 unspecified atom stereocenters. The molecule has 1 aromatic carbocycles. The molecule has 0 aliphatic carbocycles. The first-order chi connectivity index (χ1) is 16.2. The molecule has 2 aromatic rings. The monoisotopic (exact) mass is 479 g/mol. The van der Waals surface area contributed by atoms with Crippen LogP contribution in [0.4, 0.5) is 0 Å². The molecule has 0 fully saturated rings. The Bertz CT molecular complexity index is 1100. The molecule has 7 nitrogen and oxygen atoms in total. The molecule has 2 amide bonds. The van der Waals surface area contributed by atoms with Gasteiger partial charge in [0.05, 0.1) is 6.04 Å². The molecule has 0 aliphatic heterocycles. The molecule has 1 heterocycles. The second-order valence-corrected chi connectivity index (χ2v) is 8.54. The zero-order valence-corrected chi connectivity index (χ0v) is 20.1. The van der Waals surface area contributed by atoms with E-state index in [1.165, 1.54) is 16.2 Å². The predicted octanol–water partition coefficient (Wildman–Crippen LogP) is 3.33. The maximum Gasteiger partial charge on any atom is 0.254 e. The van der Waals surface area contributed by atoms with Gasteiger partial charge in [0.1, 0.15) is 10.9 Å². The summed E-state index contributed by atoms with van der Waals surface area (Å²) in [6.07, 6.45) is 1.10. The number of hydrogen-bond acceptors (Lipinski definition) is 6. The van der Waals surface area contributed by atoms with E-state index in [2.05, 4.69) is 24.5 Å². The molecular formula is C26H29N3O4S. The van der Waals surface area contributed by atoms with Gasteiger partial charge in [0.2, 0.25) is 0 Å². The molecule has 0 saturated carbocycles. The van der Waals surface area contributed by atoms with Crippen LogP contribution in [0, 0.1) is 11.3 Å². The van der Waals surface area contributed by atoms with Crippen molar-refractivity contribution in [1.82, 2.24) is 10.2 Å². The lowest BCUT2D eigenvalue weighted by atomic mass is 10.0. The van der Waals surface area contributed by atoms with Gasteiger partial charge in [0.25, 0.3) is 11.8 Å². The number of hydrogen-bond donors (Lipinski definition) is 3. The lowest BCUT2D eigenvalue weighted by Crippen LogP contribution is -2.51. The Labute approximate surface area is 204 Å². The van der Waals surface area contributed by atoms with Crippen molar-refractivity contribution in [3.05, 3.63) is 83.1 Å². The Morgan fingerprint density at radius 1 is 1.24 bits per heavy atom. The largest absolute Gasteiger partial charge is 0.380 e. The number of nitriles is 1. The van der Waals surface area contributed by atoms with Crippen molar-refractivity contribution < 1.29 is 19.8 Å². The lowest BCUT2D eigenvalue weighted by molar-refractivity contribution is -0.152. The Morgan fingerprint density at radius 3 is 2.50 bits per heavy atom. The number of nitrogens with one attached hydrogen (secondary N) is 1. The van der Waals surface area contributed by atoms with Crippen molar-refractivity contribution in [3.8, 4) is 17.2 Å². The molecule has 0 aliphatic rings. The second kappa shape index (κ2) is 12.7. The Morgan fingerprint density at radius 2 is 1.91 bits per heavy atom. The van der Waals surface area contributed by atoms with Crippen molar-refractivity contribution in [2.75, 3.05) is 13.1 Å². The van der Waals surface area contributed by atoms with Crippen molar-refractivity contribution >= 4 is 23.2 Å². The van der Waals surface area contributed by atoms with Crippen molar-refractivity contribution in [2.45, 2.75) is 32.1 Å². The number of carbonyl (C=O) groups is 2. The highest BCUT2D eigenvalue weighted by molar-refractivity contribution is 7.11. The van der Waals surface area contributed by atoms with Crippen LogP contribution in [0.2, 0.25) is 0 Å². The van der Waals surface area contributed by atoms with E-state index >= 15 is 0 Å².